The molecule has 2 N–H and O–H groups in total. The molecule has 0 heterocycles. The van der Waals surface area contributed by atoms with E-state index in [0.29, 0.717) is 0 Å². The fraction of sp³-hybridized carbons (Fsp3) is 0.462. The van der Waals surface area contributed by atoms with Gasteiger partial charge in [-0.05, 0) is 37.1 Å². The molecule has 17 heavy (non-hydrogen) atoms. The fourth-order valence-electron chi connectivity index (χ4n) is 1.85. The third kappa shape index (κ3) is 3.53. The van der Waals surface area contributed by atoms with E-state index in [1.54, 1.807) is 13.0 Å². The van der Waals surface area contributed by atoms with Crippen LogP contribution in [0.3, 0.4) is 0 Å². The van der Waals surface area contributed by atoms with Gasteiger partial charge in [0.2, 0.25) is 0 Å². The fourth-order valence-corrected chi connectivity index (χ4v) is 1.85. The number of hydrogen-bond acceptors (Lipinski definition) is 3. The Morgan fingerprint density at radius 1 is 1.53 bits per heavy atom. The first kappa shape index (κ1) is 13.6. The van der Waals surface area contributed by atoms with Gasteiger partial charge < -0.3 is 10.5 Å². The maximum Gasteiger partial charge on any atom is 0.306 e. The number of methoxy groups -OCH3 is 1. The Hall–Kier alpha value is -1.42. The number of halogens is 1. The van der Waals surface area contributed by atoms with Gasteiger partial charge in [0.05, 0.1) is 13.5 Å². The Morgan fingerprint density at radius 3 is 2.71 bits per heavy atom. The van der Waals surface area contributed by atoms with Gasteiger partial charge in [-0.15, -0.1) is 0 Å². The van der Waals surface area contributed by atoms with Crippen LogP contribution >= 0.6 is 0 Å². The number of nitrogens with two attached hydrogens (primary N) is 1. The molecule has 4 heteroatoms. The van der Waals surface area contributed by atoms with E-state index < -0.39 is 0 Å². The summed E-state index contributed by atoms with van der Waals surface area (Å²) in [5, 5.41) is 0. The van der Waals surface area contributed by atoms with Crippen LogP contribution in [0.15, 0.2) is 18.2 Å². The highest BCUT2D eigenvalue weighted by atomic mass is 19.1. The Labute approximate surface area is 101 Å². The molecule has 1 aromatic rings. The number of benzene rings is 1. The van der Waals surface area contributed by atoms with Crippen molar-refractivity contribution in [1.82, 2.24) is 0 Å². The standard InChI is InChI=1S/C13H18FNO2/c1-8-4-5-10(14)6-11(8)12(9(2)15)7-13(16)17-3/h4-6,9,12H,7,15H2,1-3H3. The van der Waals surface area contributed by atoms with E-state index in [0.717, 1.165) is 11.1 Å². The molecule has 0 aromatic heterocycles. The van der Waals surface area contributed by atoms with Crippen molar-refractivity contribution in [2.24, 2.45) is 5.73 Å². The second-order valence-electron chi connectivity index (χ2n) is 4.25. The summed E-state index contributed by atoms with van der Waals surface area (Å²) >= 11 is 0. The van der Waals surface area contributed by atoms with Crippen LogP contribution in [0.5, 0.6) is 0 Å². The molecule has 2 atom stereocenters. The number of ether oxygens (including phenoxy) is 1. The zero-order valence-corrected chi connectivity index (χ0v) is 10.4. The molecule has 0 spiro atoms. The predicted molar refractivity (Wildman–Crippen MR) is 64.2 cm³/mol. The lowest BCUT2D eigenvalue weighted by Crippen LogP contribution is -2.28. The van der Waals surface area contributed by atoms with Crippen molar-refractivity contribution in [3.63, 3.8) is 0 Å². The minimum atomic E-state index is -0.337. The molecule has 0 saturated heterocycles. The molecule has 0 bridgehead atoms. The van der Waals surface area contributed by atoms with Gasteiger partial charge >= 0.3 is 5.97 Å². The molecule has 1 aromatic carbocycles. The molecule has 3 nitrogen and oxygen atoms in total. The number of carbonyl (C=O) groups is 1. The maximum absolute atomic E-state index is 13.2. The quantitative estimate of drug-likeness (QED) is 0.819. The van der Waals surface area contributed by atoms with Crippen LogP contribution in [-0.2, 0) is 9.53 Å². The van der Waals surface area contributed by atoms with Gasteiger partial charge in [-0.2, -0.15) is 0 Å². The monoisotopic (exact) mass is 239 g/mol. The molecule has 0 aliphatic carbocycles. The van der Waals surface area contributed by atoms with Gasteiger partial charge in [0.25, 0.3) is 0 Å². The van der Waals surface area contributed by atoms with Gasteiger partial charge in [0.1, 0.15) is 5.82 Å². The Bertz CT molecular complexity index is 404. The predicted octanol–water partition coefficient (Wildman–Crippen LogP) is 2.13. The number of esters is 1. The zero-order valence-electron chi connectivity index (χ0n) is 10.4. The van der Waals surface area contributed by atoms with Crippen LogP contribution in [0.1, 0.15) is 30.4 Å². The van der Waals surface area contributed by atoms with Crippen molar-refractivity contribution in [2.75, 3.05) is 7.11 Å². The first-order valence-corrected chi connectivity index (χ1v) is 5.54. The average Bonchev–Trinajstić information content (AvgIpc) is 2.28. The van der Waals surface area contributed by atoms with Crippen molar-refractivity contribution in [1.29, 1.82) is 0 Å². The average molecular weight is 239 g/mol. The van der Waals surface area contributed by atoms with E-state index in [1.165, 1.54) is 19.2 Å². The summed E-state index contributed by atoms with van der Waals surface area (Å²) < 4.78 is 17.9. The van der Waals surface area contributed by atoms with Crippen molar-refractivity contribution >= 4 is 5.97 Å². The molecule has 0 aliphatic rings. The third-order valence-electron chi connectivity index (χ3n) is 2.89. The van der Waals surface area contributed by atoms with Gasteiger partial charge in [-0.25, -0.2) is 4.39 Å². The first-order chi connectivity index (χ1) is 7.95. The highest BCUT2D eigenvalue weighted by molar-refractivity contribution is 5.70. The Balaban J connectivity index is 3.05. The molecule has 0 amide bonds. The van der Waals surface area contributed by atoms with E-state index >= 15 is 0 Å². The number of hydrogen-bond donors (Lipinski definition) is 1. The maximum atomic E-state index is 13.2. The molecule has 1 rings (SSSR count). The van der Waals surface area contributed by atoms with E-state index in [9.17, 15) is 9.18 Å². The SMILES string of the molecule is COC(=O)CC(c1cc(F)ccc1C)C(C)N. The normalized spacial score (nSPS) is 14.2. The lowest BCUT2D eigenvalue weighted by atomic mass is 9.87. The van der Waals surface area contributed by atoms with Crippen LogP contribution in [0.4, 0.5) is 4.39 Å². The van der Waals surface area contributed by atoms with Crippen LogP contribution < -0.4 is 5.73 Å². The lowest BCUT2D eigenvalue weighted by molar-refractivity contribution is -0.141. The summed E-state index contributed by atoms with van der Waals surface area (Å²) in [5.41, 5.74) is 7.56. The van der Waals surface area contributed by atoms with Crippen molar-refractivity contribution in [3.05, 3.63) is 35.1 Å². The minimum Gasteiger partial charge on any atom is -0.469 e. The third-order valence-corrected chi connectivity index (χ3v) is 2.89. The van der Waals surface area contributed by atoms with Gasteiger partial charge in [-0.3, -0.25) is 4.79 Å². The Morgan fingerprint density at radius 2 is 2.18 bits per heavy atom. The molecule has 0 saturated carbocycles. The van der Waals surface area contributed by atoms with Gasteiger partial charge in [0, 0.05) is 12.0 Å². The van der Waals surface area contributed by atoms with Gasteiger partial charge in [0.15, 0.2) is 0 Å². The molecule has 0 aliphatic heterocycles. The molecule has 2 unspecified atom stereocenters. The Kier molecular flexibility index (Phi) is 4.63. The summed E-state index contributed by atoms with van der Waals surface area (Å²) in [5.74, 6) is -0.879. The summed E-state index contributed by atoms with van der Waals surface area (Å²) in [6.07, 6.45) is 0.165. The molecular weight excluding hydrogens is 221 g/mol. The number of rotatable bonds is 4. The van der Waals surface area contributed by atoms with Crippen molar-refractivity contribution in [3.8, 4) is 0 Å². The summed E-state index contributed by atoms with van der Waals surface area (Å²) in [6.45, 7) is 3.68. The first-order valence-electron chi connectivity index (χ1n) is 5.54. The second kappa shape index (κ2) is 5.77. The van der Waals surface area contributed by atoms with E-state index in [1.807, 2.05) is 6.92 Å². The smallest absolute Gasteiger partial charge is 0.306 e. The number of carbonyl (C=O) groups excluding carboxylic acids is 1. The molecule has 0 radical (unpaired) electrons. The molecule has 0 fully saturated rings. The summed E-state index contributed by atoms with van der Waals surface area (Å²) in [6, 6.07) is 4.29. The van der Waals surface area contributed by atoms with Crippen LogP contribution in [0.2, 0.25) is 0 Å². The van der Waals surface area contributed by atoms with Crippen LogP contribution in [-0.4, -0.2) is 19.1 Å². The molecular formula is C13H18FNO2. The van der Waals surface area contributed by atoms with E-state index in [-0.39, 0.29) is 30.2 Å². The highest BCUT2D eigenvalue weighted by Crippen LogP contribution is 2.26. The molecule has 94 valence electrons. The number of aryl methyl sites for hydroxylation is 1. The van der Waals surface area contributed by atoms with Crippen molar-refractivity contribution in [2.45, 2.75) is 32.2 Å². The topological polar surface area (TPSA) is 52.3 Å². The van der Waals surface area contributed by atoms with Crippen molar-refractivity contribution < 1.29 is 13.9 Å². The van der Waals surface area contributed by atoms with Crippen LogP contribution in [0.25, 0.3) is 0 Å². The van der Waals surface area contributed by atoms with E-state index in [4.69, 9.17) is 5.73 Å². The minimum absolute atomic E-state index is 0.165. The highest BCUT2D eigenvalue weighted by Gasteiger charge is 2.22. The van der Waals surface area contributed by atoms with E-state index in [2.05, 4.69) is 4.74 Å². The lowest BCUT2D eigenvalue weighted by Gasteiger charge is -2.22. The van der Waals surface area contributed by atoms with Crippen LogP contribution in [0, 0.1) is 12.7 Å². The summed E-state index contributed by atoms with van der Waals surface area (Å²) in [7, 11) is 1.33. The second-order valence-corrected chi connectivity index (χ2v) is 4.25. The zero-order chi connectivity index (χ0) is 13.0. The largest absolute Gasteiger partial charge is 0.469 e. The van der Waals surface area contributed by atoms with Gasteiger partial charge in [-0.1, -0.05) is 6.07 Å². The summed E-state index contributed by atoms with van der Waals surface area (Å²) in [4.78, 5) is 11.3.